The second-order valence-corrected chi connectivity index (χ2v) is 16.4. The lowest BCUT2D eigenvalue weighted by molar-refractivity contribution is 0.670. The molecule has 12 aromatic rings. The zero-order valence-corrected chi connectivity index (χ0v) is 35.0. The molecule has 0 amide bonds. The van der Waals surface area contributed by atoms with E-state index in [0.717, 1.165) is 61.3 Å². The molecule has 0 spiro atoms. The summed E-state index contributed by atoms with van der Waals surface area (Å²) >= 11 is 0. The third-order valence-electron chi connectivity index (χ3n) is 12.7. The third kappa shape index (κ3) is 6.52. The van der Waals surface area contributed by atoms with E-state index < -0.39 is 0 Å². The summed E-state index contributed by atoms with van der Waals surface area (Å²) in [6.45, 7) is 0. The largest absolute Gasteiger partial charge is 0.455 e. The molecule has 0 unspecified atom stereocenters. The Kier molecular flexibility index (Phi) is 9.20. The zero-order chi connectivity index (χ0) is 42.4. The number of benzene rings is 11. The maximum absolute atomic E-state index is 6.51. The lowest BCUT2D eigenvalue weighted by Gasteiger charge is -2.30. The van der Waals surface area contributed by atoms with E-state index in [0.29, 0.717) is 0 Å². The highest BCUT2D eigenvalue weighted by Crippen LogP contribution is 2.48. The molecule has 0 aliphatic heterocycles. The van der Waals surface area contributed by atoms with Gasteiger partial charge in [-0.15, -0.1) is 0 Å². The van der Waals surface area contributed by atoms with Crippen LogP contribution >= 0.6 is 0 Å². The van der Waals surface area contributed by atoms with Crippen molar-refractivity contribution < 1.29 is 4.42 Å². The number of fused-ring (bicyclic) bond motifs is 6. The molecule has 0 bridgehead atoms. The van der Waals surface area contributed by atoms with Crippen molar-refractivity contribution in [3.63, 3.8) is 0 Å². The monoisotopic (exact) mass is 815 g/mol. The second-order valence-electron chi connectivity index (χ2n) is 16.4. The van der Waals surface area contributed by atoms with Gasteiger partial charge >= 0.3 is 0 Å². The van der Waals surface area contributed by atoms with Crippen LogP contribution in [-0.2, 0) is 0 Å². The van der Waals surface area contributed by atoms with Crippen LogP contribution in [0, 0.1) is 0 Å². The van der Waals surface area contributed by atoms with Crippen molar-refractivity contribution in [1.82, 2.24) is 0 Å². The minimum absolute atomic E-state index is 0.898. The first-order chi connectivity index (χ1) is 31.7. The molecule has 1 heterocycles. The number of hydrogen-bond donors (Lipinski definition) is 0. The maximum atomic E-state index is 6.51. The smallest absolute Gasteiger partial charge is 0.143 e. The summed E-state index contributed by atoms with van der Waals surface area (Å²) in [6.07, 6.45) is 0. The number of rotatable bonds is 8. The highest BCUT2D eigenvalue weighted by Gasteiger charge is 2.23. The van der Waals surface area contributed by atoms with E-state index in [1.807, 2.05) is 12.1 Å². The topological polar surface area (TPSA) is 16.4 Å². The van der Waals surface area contributed by atoms with Gasteiger partial charge in [-0.05, 0) is 109 Å². The molecular weight excluding hydrogens is 775 g/mol. The van der Waals surface area contributed by atoms with Crippen LogP contribution in [0.4, 0.5) is 17.1 Å². The summed E-state index contributed by atoms with van der Waals surface area (Å²) in [5, 5.41) is 7.20. The summed E-state index contributed by atoms with van der Waals surface area (Å²) in [4.78, 5) is 2.42. The molecule has 64 heavy (non-hydrogen) atoms. The first-order valence-corrected chi connectivity index (χ1v) is 21.9. The zero-order valence-electron chi connectivity index (χ0n) is 35.0. The van der Waals surface area contributed by atoms with E-state index in [4.69, 9.17) is 4.42 Å². The molecule has 0 saturated heterocycles. The summed E-state index contributed by atoms with van der Waals surface area (Å²) < 4.78 is 6.51. The fourth-order valence-corrected chi connectivity index (χ4v) is 9.62. The molecule has 0 atom stereocenters. The van der Waals surface area contributed by atoms with Crippen molar-refractivity contribution in [3.8, 4) is 55.6 Å². The molecule has 12 rings (SSSR count). The van der Waals surface area contributed by atoms with Crippen molar-refractivity contribution in [2.75, 3.05) is 4.90 Å². The van der Waals surface area contributed by atoms with Gasteiger partial charge in [0.2, 0.25) is 0 Å². The number of anilines is 3. The Morgan fingerprint density at radius 3 is 1.45 bits per heavy atom. The van der Waals surface area contributed by atoms with Gasteiger partial charge in [0.05, 0.1) is 5.69 Å². The summed E-state index contributed by atoms with van der Waals surface area (Å²) in [7, 11) is 0. The second kappa shape index (κ2) is 15.8. The molecule has 11 aromatic carbocycles. The number of furan rings is 1. The Morgan fingerprint density at radius 1 is 0.281 bits per heavy atom. The van der Waals surface area contributed by atoms with Crippen molar-refractivity contribution in [2.24, 2.45) is 0 Å². The molecule has 0 radical (unpaired) electrons. The quantitative estimate of drug-likeness (QED) is 0.142. The van der Waals surface area contributed by atoms with Gasteiger partial charge in [-0.2, -0.15) is 0 Å². The van der Waals surface area contributed by atoms with E-state index in [1.165, 1.54) is 54.9 Å². The van der Waals surface area contributed by atoms with E-state index >= 15 is 0 Å². The van der Waals surface area contributed by atoms with Crippen molar-refractivity contribution >= 4 is 60.5 Å². The molecule has 0 N–H and O–H groups in total. The first-order valence-electron chi connectivity index (χ1n) is 21.9. The van der Waals surface area contributed by atoms with E-state index in [-0.39, 0.29) is 0 Å². The van der Waals surface area contributed by atoms with Crippen LogP contribution in [0.15, 0.2) is 253 Å². The molecule has 2 heteroatoms. The van der Waals surface area contributed by atoms with Crippen LogP contribution < -0.4 is 4.90 Å². The minimum Gasteiger partial charge on any atom is -0.455 e. The fraction of sp³-hybridized carbons (Fsp3) is 0. The van der Waals surface area contributed by atoms with Gasteiger partial charge in [-0.3, -0.25) is 0 Å². The summed E-state index contributed by atoms with van der Waals surface area (Å²) in [5.74, 6) is 0. The summed E-state index contributed by atoms with van der Waals surface area (Å²) in [5.41, 5.74) is 16.6. The Balaban J connectivity index is 1.08. The molecule has 0 fully saturated rings. The lowest BCUT2D eigenvalue weighted by atomic mass is 9.87. The average Bonchev–Trinajstić information content (AvgIpc) is 3.76. The van der Waals surface area contributed by atoms with Gasteiger partial charge in [0.15, 0.2) is 0 Å². The summed E-state index contributed by atoms with van der Waals surface area (Å²) in [6, 6.07) is 89.8. The van der Waals surface area contributed by atoms with Crippen LogP contribution in [0.1, 0.15) is 0 Å². The minimum atomic E-state index is 0.898. The first kappa shape index (κ1) is 37.3. The number of hydrogen-bond acceptors (Lipinski definition) is 2. The lowest BCUT2D eigenvalue weighted by Crippen LogP contribution is -2.12. The highest BCUT2D eigenvalue weighted by molar-refractivity contribution is 6.16. The van der Waals surface area contributed by atoms with Gasteiger partial charge < -0.3 is 9.32 Å². The van der Waals surface area contributed by atoms with E-state index in [2.05, 4.69) is 241 Å². The Labute approximate surface area is 372 Å². The van der Waals surface area contributed by atoms with Crippen molar-refractivity contribution in [1.29, 1.82) is 0 Å². The average molecular weight is 816 g/mol. The van der Waals surface area contributed by atoms with Gasteiger partial charge in [0.1, 0.15) is 11.2 Å². The van der Waals surface area contributed by atoms with Crippen LogP contribution in [-0.4, -0.2) is 0 Å². The predicted molar refractivity (Wildman–Crippen MR) is 271 cm³/mol. The molecule has 0 aliphatic carbocycles. The Bertz CT molecular complexity index is 3630. The molecule has 300 valence electrons. The Morgan fingerprint density at radius 2 is 0.766 bits per heavy atom. The van der Waals surface area contributed by atoms with Gasteiger partial charge in [0, 0.05) is 33.3 Å². The Hall–Kier alpha value is -8.46. The molecule has 0 aliphatic rings. The fourth-order valence-electron chi connectivity index (χ4n) is 9.62. The SMILES string of the molecule is c1ccc(-c2ccc(-c3c(-c4cc5ccccc5c5ccccc45)cccc3N(c3ccc(-c4ccccc4)cc3)c3ccc(-c4cccc5c4oc4ccccc45)cc3)cc2)cc1. The third-order valence-corrected chi connectivity index (χ3v) is 12.7. The van der Waals surface area contributed by atoms with Crippen molar-refractivity contribution in [3.05, 3.63) is 249 Å². The van der Waals surface area contributed by atoms with Crippen LogP contribution in [0.5, 0.6) is 0 Å². The molecule has 1 aromatic heterocycles. The van der Waals surface area contributed by atoms with Gasteiger partial charge in [0.25, 0.3) is 0 Å². The normalized spacial score (nSPS) is 11.4. The van der Waals surface area contributed by atoms with Gasteiger partial charge in [-0.25, -0.2) is 0 Å². The highest BCUT2D eigenvalue weighted by atomic mass is 16.3. The van der Waals surface area contributed by atoms with E-state index in [1.54, 1.807) is 0 Å². The van der Waals surface area contributed by atoms with Crippen LogP contribution in [0.3, 0.4) is 0 Å². The van der Waals surface area contributed by atoms with Crippen LogP contribution in [0.25, 0.3) is 99.1 Å². The maximum Gasteiger partial charge on any atom is 0.143 e. The molecule has 0 saturated carbocycles. The number of nitrogens with zero attached hydrogens (tertiary/aromatic N) is 1. The van der Waals surface area contributed by atoms with Crippen LogP contribution in [0.2, 0.25) is 0 Å². The predicted octanol–water partition coefficient (Wildman–Crippen LogP) is 17.7. The molecule has 2 nitrogen and oxygen atoms in total. The van der Waals surface area contributed by atoms with Crippen molar-refractivity contribution in [2.45, 2.75) is 0 Å². The number of para-hydroxylation sites is 2. The molecular formula is C62H41NO. The standard InChI is InChI=1S/C62H41NO/c1-3-15-42(16-4-1)44-29-31-47(32-30-44)61-56(58-41-48-19-7-8-20-51(48)53-21-9-10-22-54(53)58)25-14-27-59(61)63(49-37-33-45(34-38-49)43-17-5-2-6-18-43)50-39-35-46(36-40-50)52-24-13-26-57-55-23-11-12-28-60(55)64-62(52)57/h1-41H. The van der Waals surface area contributed by atoms with Gasteiger partial charge in [-0.1, -0.05) is 206 Å². The van der Waals surface area contributed by atoms with E-state index in [9.17, 15) is 0 Å².